The average molecular weight is 293 g/mol. The Bertz CT molecular complexity index is 669. The number of likely N-dealkylation sites (tertiary alicyclic amines) is 1. The molecule has 0 atom stereocenters. The predicted octanol–water partition coefficient (Wildman–Crippen LogP) is 2.72. The first-order valence-electron chi connectivity index (χ1n) is 6.44. The van der Waals surface area contributed by atoms with Gasteiger partial charge in [-0.15, -0.1) is 0 Å². The minimum atomic E-state index is -0.421. The normalized spacial score (nSPS) is 14.8. The first kappa shape index (κ1) is 13.0. The number of fused-ring (bicyclic) bond motifs is 1. The molecular weight excluding hydrogens is 280 g/mol. The molecule has 0 unspecified atom stereocenters. The molecular formula is C14H13ClN2O3. The Morgan fingerprint density at radius 1 is 1.30 bits per heavy atom. The number of benzene rings is 1. The smallest absolute Gasteiger partial charge is 0.415 e. The zero-order valence-corrected chi connectivity index (χ0v) is 11.5. The van der Waals surface area contributed by atoms with Crippen LogP contribution in [-0.2, 0) is 0 Å². The maximum atomic E-state index is 12.0. The highest BCUT2D eigenvalue weighted by atomic mass is 35.5. The molecule has 0 bridgehead atoms. The lowest BCUT2D eigenvalue weighted by Gasteiger charge is -2.15. The fraction of sp³-hybridized carbons (Fsp3) is 0.286. The molecule has 1 aromatic carbocycles. The molecule has 2 aromatic rings. The largest absolute Gasteiger partial charge is 0.618 e. The van der Waals surface area contributed by atoms with Crippen LogP contribution in [0.5, 0.6) is 5.75 Å². The van der Waals surface area contributed by atoms with Crippen LogP contribution < -0.4 is 9.47 Å². The Morgan fingerprint density at radius 3 is 2.80 bits per heavy atom. The number of halogens is 1. The molecule has 0 radical (unpaired) electrons. The van der Waals surface area contributed by atoms with Gasteiger partial charge in [0.1, 0.15) is 0 Å². The highest BCUT2D eigenvalue weighted by Gasteiger charge is 2.23. The zero-order valence-electron chi connectivity index (χ0n) is 10.7. The van der Waals surface area contributed by atoms with Gasteiger partial charge in [-0.2, -0.15) is 4.73 Å². The number of carbonyl (C=O) groups excluding carboxylic acids is 1. The zero-order chi connectivity index (χ0) is 14.1. The number of pyridine rings is 1. The SMILES string of the molecule is O=C(Oc1ccc(Cl)c2ccc[n+]([O-])c12)N1CCCC1. The summed E-state index contributed by atoms with van der Waals surface area (Å²) in [6, 6.07) is 6.50. The molecule has 1 aromatic heterocycles. The van der Waals surface area contributed by atoms with Crippen molar-refractivity contribution in [1.29, 1.82) is 0 Å². The van der Waals surface area contributed by atoms with E-state index in [1.807, 2.05) is 0 Å². The summed E-state index contributed by atoms with van der Waals surface area (Å²) in [6.07, 6.45) is 2.90. The van der Waals surface area contributed by atoms with Gasteiger partial charge in [0.2, 0.25) is 5.75 Å². The summed E-state index contributed by atoms with van der Waals surface area (Å²) in [6.45, 7) is 1.39. The van der Waals surface area contributed by atoms with E-state index >= 15 is 0 Å². The Morgan fingerprint density at radius 2 is 2.05 bits per heavy atom. The molecule has 1 aliphatic rings. The van der Waals surface area contributed by atoms with Crippen molar-refractivity contribution in [2.75, 3.05) is 13.1 Å². The molecule has 3 rings (SSSR count). The number of amides is 1. The second-order valence-corrected chi connectivity index (χ2v) is 5.11. The van der Waals surface area contributed by atoms with Crippen molar-refractivity contribution in [1.82, 2.24) is 4.90 Å². The average Bonchev–Trinajstić information content (AvgIpc) is 2.96. The second-order valence-electron chi connectivity index (χ2n) is 4.70. The van der Waals surface area contributed by atoms with Gasteiger partial charge >= 0.3 is 6.09 Å². The number of ether oxygens (including phenoxy) is 1. The standard InChI is InChI=1S/C14H13ClN2O3/c15-11-5-6-12(13-10(11)4-3-9-17(13)19)20-14(18)16-7-1-2-8-16/h3-6,9H,1-2,7-8H2. The van der Waals surface area contributed by atoms with Crippen molar-refractivity contribution in [2.45, 2.75) is 12.8 Å². The first-order valence-corrected chi connectivity index (χ1v) is 6.82. The first-order chi connectivity index (χ1) is 9.66. The summed E-state index contributed by atoms with van der Waals surface area (Å²) in [5.41, 5.74) is 0.271. The lowest BCUT2D eigenvalue weighted by molar-refractivity contribution is -0.577. The summed E-state index contributed by atoms with van der Waals surface area (Å²) >= 11 is 6.06. The van der Waals surface area contributed by atoms with Crippen LogP contribution in [0.25, 0.3) is 10.9 Å². The van der Waals surface area contributed by atoms with Crippen molar-refractivity contribution in [3.05, 3.63) is 40.7 Å². The minimum absolute atomic E-state index is 0.233. The van der Waals surface area contributed by atoms with Gasteiger partial charge in [0.05, 0.1) is 10.4 Å². The van der Waals surface area contributed by atoms with Crippen molar-refractivity contribution in [3.63, 3.8) is 0 Å². The fourth-order valence-corrected chi connectivity index (χ4v) is 2.60. The molecule has 1 amide bonds. The molecule has 1 aliphatic heterocycles. The van der Waals surface area contributed by atoms with E-state index in [9.17, 15) is 10.0 Å². The van der Waals surface area contributed by atoms with E-state index in [0.29, 0.717) is 28.2 Å². The minimum Gasteiger partial charge on any atom is -0.618 e. The molecule has 6 heteroatoms. The Kier molecular flexibility index (Phi) is 3.36. The van der Waals surface area contributed by atoms with Gasteiger partial charge in [0.15, 0.2) is 6.20 Å². The van der Waals surface area contributed by atoms with Crippen LogP contribution in [0.3, 0.4) is 0 Å². The van der Waals surface area contributed by atoms with Crippen LogP contribution in [0.1, 0.15) is 12.8 Å². The molecule has 20 heavy (non-hydrogen) atoms. The Labute approximate surface area is 120 Å². The van der Waals surface area contributed by atoms with Gasteiger partial charge < -0.3 is 14.8 Å². The molecule has 0 aliphatic carbocycles. The summed E-state index contributed by atoms with van der Waals surface area (Å²) in [5.74, 6) is 0.233. The third kappa shape index (κ3) is 2.25. The third-order valence-corrected chi connectivity index (χ3v) is 3.72. The Balaban J connectivity index is 1.99. The van der Waals surface area contributed by atoms with Crippen LogP contribution in [0.2, 0.25) is 5.02 Å². The maximum absolute atomic E-state index is 12.0. The Hall–Kier alpha value is -2.01. The van der Waals surface area contributed by atoms with Crippen LogP contribution >= 0.6 is 11.6 Å². The number of hydrogen-bond acceptors (Lipinski definition) is 3. The molecule has 104 valence electrons. The summed E-state index contributed by atoms with van der Waals surface area (Å²) < 4.78 is 6.02. The van der Waals surface area contributed by atoms with E-state index in [0.717, 1.165) is 12.8 Å². The summed E-state index contributed by atoms with van der Waals surface area (Å²) in [4.78, 5) is 13.7. The second kappa shape index (κ2) is 5.17. The lowest BCUT2D eigenvalue weighted by atomic mass is 10.2. The van der Waals surface area contributed by atoms with Crippen LogP contribution in [0, 0.1) is 5.21 Å². The molecule has 5 nitrogen and oxygen atoms in total. The van der Waals surface area contributed by atoms with E-state index in [1.165, 1.54) is 6.20 Å². The molecule has 2 heterocycles. The van der Waals surface area contributed by atoms with E-state index in [2.05, 4.69) is 0 Å². The third-order valence-electron chi connectivity index (χ3n) is 3.39. The quantitative estimate of drug-likeness (QED) is 0.600. The van der Waals surface area contributed by atoms with Crippen LogP contribution in [0.4, 0.5) is 4.79 Å². The highest BCUT2D eigenvalue weighted by molar-refractivity contribution is 6.35. The summed E-state index contributed by atoms with van der Waals surface area (Å²) in [7, 11) is 0. The van der Waals surface area contributed by atoms with Gasteiger partial charge in [0, 0.05) is 19.2 Å². The van der Waals surface area contributed by atoms with Gasteiger partial charge in [-0.3, -0.25) is 0 Å². The van der Waals surface area contributed by atoms with Crippen molar-refractivity contribution >= 4 is 28.6 Å². The van der Waals surface area contributed by atoms with Crippen molar-refractivity contribution in [2.24, 2.45) is 0 Å². The molecule has 0 saturated carbocycles. The topological polar surface area (TPSA) is 56.5 Å². The van der Waals surface area contributed by atoms with Crippen molar-refractivity contribution < 1.29 is 14.3 Å². The fourth-order valence-electron chi connectivity index (χ4n) is 2.38. The van der Waals surface area contributed by atoms with Gasteiger partial charge in [-0.05, 0) is 31.0 Å². The predicted molar refractivity (Wildman–Crippen MR) is 74.7 cm³/mol. The molecule has 0 spiro atoms. The number of rotatable bonds is 1. The number of nitrogens with zero attached hydrogens (tertiary/aromatic N) is 2. The number of aromatic nitrogens is 1. The molecule has 0 N–H and O–H groups in total. The van der Waals surface area contributed by atoms with E-state index in [-0.39, 0.29) is 11.3 Å². The molecule has 1 fully saturated rings. The summed E-state index contributed by atoms with van der Waals surface area (Å²) in [5, 5.41) is 12.9. The van der Waals surface area contributed by atoms with Gasteiger partial charge in [-0.1, -0.05) is 11.6 Å². The van der Waals surface area contributed by atoms with Crippen LogP contribution in [-0.4, -0.2) is 24.1 Å². The van der Waals surface area contributed by atoms with Gasteiger partial charge in [0.25, 0.3) is 5.52 Å². The number of hydrogen-bond donors (Lipinski definition) is 0. The van der Waals surface area contributed by atoms with Crippen molar-refractivity contribution in [3.8, 4) is 5.75 Å². The van der Waals surface area contributed by atoms with Gasteiger partial charge in [-0.25, -0.2) is 4.79 Å². The highest BCUT2D eigenvalue weighted by Crippen LogP contribution is 2.29. The lowest BCUT2D eigenvalue weighted by Crippen LogP contribution is -2.32. The number of carbonyl (C=O) groups is 1. The van der Waals surface area contributed by atoms with Crippen LogP contribution in [0.15, 0.2) is 30.5 Å². The maximum Gasteiger partial charge on any atom is 0.415 e. The van der Waals surface area contributed by atoms with E-state index < -0.39 is 6.09 Å². The molecule has 1 saturated heterocycles. The van der Waals surface area contributed by atoms with E-state index in [4.69, 9.17) is 16.3 Å². The monoisotopic (exact) mass is 292 g/mol. The van der Waals surface area contributed by atoms with E-state index in [1.54, 1.807) is 29.2 Å².